The van der Waals surface area contributed by atoms with Gasteiger partial charge in [0, 0.05) is 20.2 Å². The van der Waals surface area contributed by atoms with Crippen LogP contribution in [0.3, 0.4) is 0 Å². The van der Waals surface area contributed by atoms with Crippen LogP contribution < -0.4 is 5.43 Å². The highest BCUT2D eigenvalue weighted by molar-refractivity contribution is 7.24. The molecule has 132 valence electrons. The number of rotatable bonds is 8. The molecule has 0 aliphatic heterocycles. The summed E-state index contributed by atoms with van der Waals surface area (Å²) in [5, 5.41) is 1.80. The first kappa shape index (κ1) is 18.1. The van der Waals surface area contributed by atoms with Gasteiger partial charge in [-0.3, -0.25) is 4.79 Å². The summed E-state index contributed by atoms with van der Waals surface area (Å²) in [6, 6.07) is 12.6. The summed E-state index contributed by atoms with van der Waals surface area (Å²) in [5.74, 6) is 0. The van der Waals surface area contributed by atoms with Gasteiger partial charge in [0.15, 0.2) is 5.43 Å². The first-order valence-corrected chi connectivity index (χ1v) is 10.5. The van der Waals surface area contributed by atoms with Crippen molar-refractivity contribution in [2.24, 2.45) is 0 Å². The fourth-order valence-corrected chi connectivity index (χ4v) is 4.71. The van der Waals surface area contributed by atoms with Crippen LogP contribution in [0, 0.1) is 0 Å². The van der Waals surface area contributed by atoms with E-state index in [9.17, 15) is 4.79 Å². The lowest BCUT2D eigenvalue weighted by atomic mass is 9.98. The van der Waals surface area contributed by atoms with E-state index >= 15 is 0 Å². The Kier molecular flexibility index (Phi) is 6.25. The summed E-state index contributed by atoms with van der Waals surface area (Å²) in [6.45, 7) is 4.48. The molecule has 0 spiro atoms. The van der Waals surface area contributed by atoms with Crippen LogP contribution in [-0.2, 0) is 12.8 Å². The smallest absolute Gasteiger partial charge is 0.195 e. The van der Waals surface area contributed by atoms with E-state index in [0.29, 0.717) is 0 Å². The molecule has 0 bridgehead atoms. The summed E-state index contributed by atoms with van der Waals surface area (Å²) in [5.41, 5.74) is 2.93. The van der Waals surface area contributed by atoms with Gasteiger partial charge in [-0.15, -0.1) is 11.3 Å². The van der Waals surface area contributed by atoms with E-state index in [1.54, 1.807) is 11.3 Å². The molecule has 0 amide bonds. The quantitative estimate of drug-likeness (QED) is 0.319. The van der Waals surface area contributed by atoms with E-state index < -0.39 is 0 Å². The van der Waals surface area contributed by atoms with Gasteiger partial charge in [-0.05, 0) is 55.0 Å². The van der Waals surface area contributed by atoms with Crippen molar-refractivity contribution >= 4 is 31.5 Å². The summed E-state index contributed by atoms with van der Waals surface area (Å²) in [4.78, 5) is 13.1. The van der Waals surface area contributed by atoms with Crippen molar-refractivity contribution in [1.29, 1.82) is 0 Å². The number of fused-ring (bicyclic) bond motifs is 2. The molecule has 25 heavy (non-hydrogen) atoms. The average molecular weight is 353 g/mol. The van der Waals surface area contributed by atoms with Crippen molar-refractivity contribution in [2.45, 2.75) is 65.2 Å². The maximum absolute atomic E-state index is 13.1. The van der Waals surface area contributed by atoms with Gasteiger partial charge in [-0.1, -0.05) is 57.7 Å². The maximum Gasteiger partial charge on any atom is 0.195 e. The van der Waals surface area contributed by atoms with E-state index in [4.69, 9.17) is 0 Å². The molecule has 0 unspecified atom stereocenters. The van der Waals surface area contributed by atoms with Crippen LogP contribution in [0.1, 0.15) is 63.5 Å². The van der Waals surface area contributed by atoms with Gasteiger partial charge in [0.2, 0.25) is 0 Å². The van der Waals surface area contributed by atoms with Crippen LogP contribution in [0.15, 0.2) is 41.2 Å². The number of benzene rings is 2. The van der Waals surface area contributed by atoms with E-state index in [-0.39, 0.29) is 5.43 Å². The molecule has 0 atom stereocenters. The molecule has 0 N–H and O–H groups in total. The number of aryl methyl sites for hydroxylation is 2. The molecule has 1 aromatic heterocycles. The molecule has 3 aromatic rings. The maximum atomic E-state index is 13.1. The standard InChI is InChI=1S/C23H28OS/c1-3-5-7-11-17-15-18(12-8-6-4-2)23-20(16-17)22(24)19-13-9-10-14-21(19)25-23/h9-10,13-16H,3-8,11-12H2,1-2H3. The Balaban J connectivity index is 2.12. The van der Waals surface area contributed by atoms with E-state index in [2.05, 4.69) is 32.0 Å². The van der Waals surface area contributed by atoms with Gasteiger partial charge in [0.25, 0.3) is 0 Å². The van der Waals surface area contributed by atoms with Crippen molar-refractivity contribution in [3.8, 4) is 0 Å². The molecule has 0 aliphatic carbocycles. The van der Waals surface area contributed by atoms with Crippen LogP contribution >= 0.6 is 11.3 Å². The van der Waals surface area contributed by atoms with Crippen molar-refractivity contribution in [3.05, 3.63) is 57.7 Å². The molecule has 1 nitrogen and oxygen atoms in total. The van der Waals surface area contributed by atoms with Gasteiger partial charge in [-0.2, -0.15) is 0 Å². The van der Waals surface area contributed by atoms with E-state index in [1.165, 1.54) is 54.4 Å². The Morgan fingerprint density at radius 3 is 2.32 bits per heavy atom. The van der Waals surface area contributed by atoms with Crippen molar-refractivity contribution in [2.75, 3.05) is 0 Å². The fourth-order valence-electron chi connectivity index (χ4n) is 3.52. The lowest BCUT2D eigenvalue weighted by molar-refractivity contribution is 0.711. The molecular formula is C23H28OS. The lowest BCUT2D eigenvalue weighted by Crippen LogP contribution is -2.04. The molecule has 0 saturated heterocycles. The third-order valence-electron chi connectivity index (χ3n) is 4.93. The topological polar surface area (TPSA) is 17.1 Å². The average Bonchev–Trinajstić information content (AvgIpc) is 2.63. The molecule has 2 aromatic carbocycles. The Labute approximate surface area is 154 Å². The summed E-state index contributed by atoms with van der Waals surface area (Å²) in [7, 11) is 0. The first-order chi connectivity index (χ1) is 12.2. The van der Waals surface area contributed by atoms with Gasteiger partial charge < -0.3 is 0 Å². The second kappa shape index (κ2) is 8.62. The van der Waals surface area contributed by atoms with Crippen molar-refractivity contribution < 1.29 is 0 Å². The van der Waals surface area contributed by atoms with Crippen LogP contribution in [0.5, 0.6) is 0 Å². The Bertz CT molecular complexity index is 907. The lowest BCUT2D eigenvalue weighted by Gasteiger charge is -2.11. The molecule has 1 heterocycles. The molecule has 0 radical (unpaired) electrons. The highest BCUT2D eigenvalue weighted by atomic mass is 32.1. The third-order valence-corrected chi connectivity index (χ3v) is 6.19. The second-order valence-electron chi connectivity index (χ2n) is 6.97. The third kappa shape index (κ3) is 4.12. The normalized spacial score (nSPS) is 11.4. The Hall–Kier alpha value is -1.67. The van der Waals surface area contributed by atoms with E-state index in [0.717, 1.165) is 28.3 Å². The molecular weight excluding hydrogens is 324 g/mol. The van der Waals surface area contributed by atoms with E-state index in [1.807, 2.05) is 18.2 Å². The van der Waals surface area contributed by atoms with Gasteiger partial charge >= 0.3 is 0 Å². The zero-order valence-corrected chi connectivity index (χ0v) is 16.3. The summed E-state index contributed by atoms with van der Waals surface area (Å²) >= 11 is 1.79. The van der Waals surface area contributed by atoms with Gasteiger partial charge in [-0.25, -0.2) is 0 Å². The van der Waals surface area contributed by atoms with Crippen LogP contribution in [0.4, 0.5) is 0 Å². The van der Waals surface area contributed by atoms with Crippen molar-refractivity contribution in [1.82, 2.24) is 0 Å². The van der Waals surface area contributed by atoms with Crippen LogP contribution in [-0.4, -0.2) is 0 Å². The zero-order chi connectivity index (χ0) is 17.6. The fraction of sp³-hybridized carbons (Fsp3) is 0.435. The minimum absolute atomic E-state index is 0.207. The van der Waals surface area contributed by atoms with Crippen molar-refractivity contribution in [3.63, 3.8) is 0 Å². The van der Waals surface area contributed by atoms with Gasteiger partial charge in [0.1, 0.15) is 0 Å². The minimum Gasteiger partial charge on any atom is -0.289 e. The summed E-state index contributed by atoms with van der Waals surface area (Å²) in [6.07, 6.45) is 9.56. The molecule has 2 heteroatoms. The van der Waals surface area contributed by atoms with Crippen LogP contribution in [0.2, 0.25) is 0 Å². The zero-order valence-electron chi connectivity index (χ0n) is 15.4. The predicted octanol–water partition coefficient (Wildman–Crippen LogP) is 6.88. The Morgan fingerprint density at radius 1 is 0.840 bits per heavy atom. The molecule has 0 aliphatic rings. The van der Waals surface area contributed by atoms with Crippen LogP contribution in [0.25, 0.3) is 20.2 Å². The second-order valence-corrected chi connectivity index (χ2v) is 8.03. The number of hydrogen-bond acceptors (Lipinski definition) is 2. The first-order valence-electron chi connectivity index (χ1n) is 9.72. The molecule has 0 fully saturated rings. The molecule has 3 rings (SSSR count). The largest absolute Gasteiger partial charge is 0.289 e. The Morgan fingerprint density at radius 2 is 1.56 bits per heavy atom. The number of unbranched alkanes of at least 4 members (excludes halogenated alkanes) is 4. The predicted molar refractivity (Wildman–Crippen MR) is 112 cm³/mol. The van der Waals surface area contributed by atoms with Gasteiger partial charge in [0.05, 0.1) is 0 Å². The monoisotopic (exact) mass is 352 g/mol. The highest BCUT2D eigenvalue weighted by Crippen LogP contribution is 2.30. The minimum atomic E-state index is 0.207. The molecule has 0 saturated carbocycles. The number of hydrogen-bond donors (Lipinski definition) is 0. The SMILES string of the molecule is CCCCCc1cc(CCCCC)c2sc3ccccc3c(=O)c2c1. The highest BCUT2D eigenvalue weighted by Gasteiger charge is 2.11. The summed E-state index contributed by atoms with van der Waals surface area (Å²) < 4.78 is 2.31.